The molecule has 5 heteroatoms. The molecule has 0 saturated carbocycles. The van der Waals surface area contributed by atoms with E-state index in [1.165, 1.54) is 11.1 Å². The third-order valence-electron chi connectivity index (χ3n) is 4.71. The van der Waals surface area contributed by atoms with Crippen LogP contribution in [-0.4, -0.2) is 40.2 Å². The lowest BCUT2D eigenvalue weighted by molar-refractivity contribution is 0.0946. The van der Waals surface area contributed by atoms with Crippen molar-refractivity contribution >= 4 is 5.91 Å². The molecule has 3 rings (SSSR count). The van der Waals surface area contributed by atoms with Crippen molar-refractivity contribution < 1.29 is 4.79 Å². The second-order valence-electron chi connectivity index (χ2n) is 6.42. The smallest absolute Gasteiger partial charge is 0.254 e. The van der Waals surface area contributed by atoms with E-state index in [1.54, 1.807) is 6.20 Å². The zero-order chi connectivity index (χ0) is 16.9. The van der Waals surface area contributed by atoms with Crippen molar-refractivity contribution in [1.82, 2.24) is 20.0 Å². The highest BCUT2D eigenvalue weighted by Crippen LogP contribution is 2.17. The van der Waals surface area contributed by atoms with Crippen molar-refractivity contribution in [3.63, 3.8) is 0 Å². The average molecular weight is 326 g/mol. The van der Waals surface area contributed by atoms with Crippen LogP contribution >= 0.6 is 0 Å². The van der Waals surface area contributed by atoms with E-state index < -0.39 is 0 Å². The summed E-state index contributed by atoms with van der Waals surface area (Å²) >= 11 is 0. The maximum absolute atomic E-state index is 12.3. The summed E-state index contributed by atoms with van der Waals surface area (Å²) in [6.07, 6.45) is 3.78. The Kier molecular flexibility index (Phi) is 5.30. The lowest BCUT2D eigenvalue weighted by atomic mass is 10.00. The summed E-state index contributed by atoms with van der Waals surface area (Å²) in [6.45, 7) is 8.49. The predicted molar refractivity (Wildman–Crippen MR) is 95.0 cm³/mol. The highest BCUT2D eigenvalue weighted by molar-refractivity contribution is 5.95. The number of amides is 1. The van der Waals surface area contributed by atoms with Crippen LogP contribution in [0.4, 0.5) is 0 Å². The van der Waals surface area contributed by atoms with E-state index in [9.17, 15) is 4.79 Å². The summed E-state index contributed by atoms with van der Waals surface area (Å²) in [5.41, 5.74) is 4.50. The second-order valence-corrected chi connectivity index (χ2v) is 6.42. The molecule has 0 spiro atoms. The molecule has 1 aromatic heterocycles. The van der Waals surface area contributed by atoms with E-state index in [-0.39, 0.29) is 5.91 Å². The Balaban J connectivity index is 1.49. The van der Waals surface area contributed by atoms with Crippen LogP contribution in [0.25, 0.3) is 0 Å². The Bertz CT molecular complexity index is 707. The molecule has 0 unspecified atom stereocenters. The Hall–Kier alpha value is -2.14. The monoisotopic (exact) mass is 326 g/mol. The summed E-state index contributed by atoms with van der Waals surface area (Å²) in [7, 11) is 0. The maximum atomic E-state index is 12.3. The van der Waals surface area contributed by atoms with Gasteiger partial charge in [0.1, 0.15) is 0 Å². The van der Waals surface area contributed by atoms with Crippen molar-refractivity contribution in [1.29, 1.82) is 0 Å². The third-order valence-corrected chi connectivity index (χ3v) is 4.71. The van der Waals surface area contributed by atoms with Crippen molar-refractivity contribution in [2.75, 3.05) is 19.6 Å². The summed E-state index contributed by atoms with van der Waals surface area (Å²) in [6, 6.07) is 8.62. The standard InChI is InChI=1S/C19H26N4O/c1-3-10-23-15(2)18(13-21-23)19(24)20-9-12-22-11-8-16-6-4-5-7-17(16)14-22/h4-7,13H,3,8-12,14H2,1-2H3,(H,20,24). The van der Waals surface area contributed by atoms with Crippen molar-refractivity contribution in [3.8, 4) is 0 Å². The molecule has 2 heterocycles. The molecule has 0 saturated heterocycles. The van der Waals surface area contributed by atoms with Gasteiger partial charge in [0.05, 0.1) is 11.8 Å². The van der Waals surface area contributed by atoms with Crippen LogP contribution in [0.15, 0.2) is 30.5 Å². The third kappa shape index (κ3) is 3.67. The minimum absolute atomic E-state index is 0.0211. The minimum Gasteiger partial charge on any atom is -0.351 e. The molecule has 0 radical (unpaired) electrons. The molecule has 0 fully saturated rings. The largest absolute Gasteiger partial charge is 0.351 e. The quantitative estimate of drug-likeness (QED) is 0.887. The van der Waals surface area contributed by atoms with Gasteiger partial charge in [-0.05, 0) is 30.9 Å². The molecular formula is C19H26N4O. The summed E-state index contributed by atoms with van der Waals surface area (Å²) in [4.78, 5) is 14.7. The maximum Gasteiger partial charge on any atom is 0.254 e. The van der Waals surface area contributed by atoms with Gasteiger partial charge < -0.3 is 5.32 Å². The van der Waals surface area contributed by atoms with Gasteiger partial charge in [0.25, 0.3) is 5.91 Å². The molecule has 1 aliphatic heterocycles. The van der Waals surface area contributed by atoms with Crippen LogP contribution in [0.3, 0.4) is 0 Å². The van der Waals surface area contributed by atoms with Gasteiger partial charge in [-0.3, -0.25) is 14.4 Å². The number of benzene rings is 1. The minimum atomic E-state index is -0.0211. The number of hydrogen-bond donors (Lipinski definition) is 1. The molecule has 0 atom stereocenters. The Morgan fingerprint density at radius 1 is 1.25 bits per heavy atom. The van der Waals surface area contributed by atoms with Gasteiger partial charge in [-0.15, -0.1) is 0 Å². The van der Waals surface area contributed by atoms with Gasteiger partial charge in [0.15, 0.2) is 0 Å². The van der Waals surface area contributed by atoms with Gasteiger partial charge >= 0.3 is 0 Å². The fourth-order valence-electron chi connectivity index (χ4n) is 3.27. The fourth-order valence-corrected chi connectivity index (χ4v) is 3.27. The number of carbonyl (C=O) groups is 1. The van der Waals surface area contributed by atoms with Gasteiger partial charge in [0, 0.05) is 38.4 Å². The van der Waals surface area contributed by atoms with Crippen LogP contribution in [0.5, 0.6) is 0 Å². The highest BCUT2D eigenvalue weighted by atomic mass is 16.1. The molecule has 24 heavy (non-hydrogen) atoms. The van der Waals surface area contributed by atoms with Crippen molar-refractivity contribution in [2.45, 2.75) is 39.8 Å². The average Bonchev–Trinajstić information content (AvgIpc) is 2.96. The molecule has 0 bridgehead atoms. The van der Waals surface area contributed by atoms with Crippen molar-refractivity contribution in [3.05, 3.63) is 52.8 Å². The first kappa shape index (κ1) is 16.7. The van der Waals surface area contributed by atoms with E-state index in [2.05, 4.69) is 46.5 Å². The molecule has 1 amide bonds. The number of aryl methyl sites for hydroxylation is 1. The first-order valence-electron chi connectivity index (χ1n) is 8.78. The number of carbonyl (C=O) groups excluding carboxylic acids is 1. The van der Waals surface area contributed by atoms with Gasteiger partial charge in [-0.2, -0.15) is 5.10 Å². The van der Waals surface area contributed by atoms with E-state index in [0.29, 0.717) is 12.1 Å². The van der Waals surface area contributed by atoms with Crippen LogP contribution in [-0.2, 0) is 19.5 Å². The van der Waals surface area contributed by atoms with Crippen molar-refractivity contribution in [2.24, 2.45) is 0 Å². The zero-order valence-corrected chi connectivity index (χ0v) is 14.6. The number of fused-ring (bicyclic) bond motifs is 1. The Morgan fingerprint density at radius 2 is 2.04 bits per heavy atom. The Labute approximate surface area is 143 Å². The lowest BCUT2D eigenvalue weighted by Gasteiger charge is -2.28. The highest BCUT2D eigenvalue weighted by Gasteiger charge is 2.17. The summed E-state index contributed by atoms with van der Waals surface area (Å²) < 4.78 is 1.90. The normalized spacial score (nSPS) is 14.4. The van der Waals surface area contributed by atoms with Gasteiger partial charge in [0.2, 0.25) is 0 Å². The van der Waals surface area contributed by atoms with Crippen LogP contribution in [0, 0.1) is 6.92 Å². The number of nitrogens with one attached hydrogen (secondary N) is 1. The first-order chi connectivity index (χ1) is 11.7. The molecule has 1 aromatic carbocycles. The SMILES string of the molecule is CCCn1ncc(C(=O)NCCN2CCc3ccccc3C2)c1C. The number of nitrogens with zero attached hydrogens (tertiary/aromatic N) is 3. The second kappa shape index (κ2) is 7.62. The van der Waals surface area contributed by atoms with Gasteiger partial charge in [-0.1, -0.05) is 31.2 Å². The Morgan fingerprint density at radius 3 is 2.83 bits per heavy atom. The topological polar surface area (TPSA) is 50.2 Å². The van der Waals surface area contributed by atoms with Crippen LogP contribution < -0.4 is 5.32 Å². The zero-order valence-electron chi connectivity index (χ0n) is 14.6. The molecular weight excluding hydrogens is 300 g/mol. The van der Waals surface area contributed by atoms with Gasteiger partial charge in [-0.25, -0.2) is 0 Å². The van der Waals surface area contributed by atoms with E-state index in [1.807, 2.05) is 11.6 Å². The van der Waals surface area contributed by atoms with E-state index >= 15 is 0 Å². The molecule has 0 aliphatic carbocycles. The number of rotatable bonds is 6. The predicted octanol–water partition coefficient (Wildman–Crippen LogP) is 2.39. The van der Waals surface area contributed by atoms with E-state index in [4.69, 9.17) is 0 Å². The lowest BCUT2D eigenvalue weighted by Crippen LogP contribution is -2.37. The molecule has 1 N–H and O–H groups in total. The van der Waals surface area contributed by atoms with Crippen LogP contribution in [0.2, 0.25) is 0 Å². The summed E-state index contributed by atoms with van der Waals surface area (Å²) in [5, 5.41) is 7.33. The first-order valence-corrected chi connectivity index (χ1v) is 8.78. The fraction of sp³-hybridized carbons (Fsp3) is 0.474. The van der Waals surface area contributed by atoms with Crippen LogP contribution in [0.1, 0.15) is 40.5 Å². The molecule has 128 valence electrons. The van der Waals surface area contributed by atoms with E-state index in [0.717, 1.165) is 44.7 Å². The number of aromatic nitrogens is 2. The summed E-state index contributed by atoms with van der Waals surface area (Å²) in [5.74, 6) is -0.0211. The molecule has 1 aliphatic rings. The number of hydrogen-bond acceptors (Lipinski definition) is 3. The molecule has 5 nitrogen and oxygen atoms in total. The molecule has 2 aromatic rings.